The number of hydrogen-bond donors (Lipinski definition) is 1. The molecule has 0 atom stereocenters. The molecule has 1 aliphatic heterocycles. The van der Waals surface area contributed by atoms with Gasteiger partial charge >= 0.3 is 5.97 Å². The Balaban J connectivity index is 1.75. The number of fused-ring (bicyclic) bond motifs is 1. The predicted molar refractivity (Wildman–Crippen MR) is 72.8 cm³/mol. The van der Waals surface area contributed by atoms with Gasteiger partial charge in [-0.15, -0.1) is 0 Å². The van der Waals surface area contributed by atoms with E-state index in [2.05, 4.69) is 17.0 Å². The van der Waals surface area contributed by atoms with Gasteiger partial charge in [0, 0.05) is 19.6 Å². The second kappa shape index (κ2) is 4.86. The number of nitrogens with zero attached hydrogens (tertiary/aromatic N) is 1. The minimum absolute atomic E-state index is 0.375. The lowest BCUT2D eigenvalue weighted by Crippen LogP contribution is -2.15. The Morgan fingerprint density at radius 1 is 1.05 bits per heavy atom. The van der Waals surface area contributed by atoms with E-state index < -0.39 is 5.97 Å². The highest BCUT2D eigenvalue weighted by atomic mass is 16.4. The Bertz CT molecular complexity index is 607. The van der Waals surface area contributed by atoms with Crippen LogP contribution in [0.2, 0.25) is 0 Å². The highest BCUT2D eigenvalue weighted by Crippen LogP contribution is 2.25. The Kier molecular flexibility index (Phi) is 3.05. The van der Waals surface area contributed by atoms with Crippen LogP contribution in [0, 0.1) is 0 Å². The lowest BCUT2D eigenvalue weighted by molar-refractivity contribution is 0.0696. The molecule has 0 aliphatic carbocycles. The average Bonchev–Trinajstić information content (AvgIpc) is 2.80. The van der Waals surface area contributed by atoms with Gasteiger partial charge in [0.25, 0.3) is 0 Å². The zero-order chi connectivity index (χ0) is 13.2. The summed E-state index contributed by atoms with van der Waals surface area (Å²) in [4.78, 5) is 13.3. The van der Waals surface area contributed by atoms with Crippen molar-refractivity contribution in [2.45, 2.75) is 19.6 Å². The molecular weight excluding hydrogens is 238 g/mol. The van der Waals surface area contributed by atoms with Crippen molar-refractivity contribution in [3.8, 4) is 0 Å². The number of carboxylic acids is 1. The van der Waals surface area contributed by atoms with Crippen molar-refractivity contribution in [1.29, 1.82) is 0 Å². The molecule has 3 nitrogen and oxygen atoms in total. The average molecular weight is 253 g/mol. The third kappa shape index (κ3) is 2.51. The zero-order valence-corrected chi connectivity index (χ0v) is 10.5. The second-order valence-electron chi connectivity index (χ2n) is 4.92. The van der Waals surface area contributed by atoms with Crippen molar-refractivity contribution in [3.63, 3.8) is 0 Å². The van der Waals surface area contributed by atoms with E-state index in [0.29, 0.717) is 5.56 Å². The third-order valence-corrected chi connectivity index (χ3v) is 3.49. The number of aromatic carboxylic acids is 1. The topological polar surface area (TPSA) is 40.5 Å². The fourth-order valence-corrected chi connectivity index (χ4v) is 2.55. The van der Waals surface area contributed by atoms with Gasteiger partial charge in [-0.3, -0.25) is 4.90 Å². The second-order valence-corrected chi connectivity index (χ2v) is 4.92. The van der Waals surface area contributed by atoms with Crippen LogP contribution in [0.5, 0.6) is 0 Å². The van der Waals surface area contributed by atoms with E-state index in [-0.39, 0.29) is 0 Å². The van der Waals surface area contributed by atoms with Gasteiger partial charge in [-0.2, -0.15) is 0 Å². The van der Waals surface area contributed by atoms with Gasteiger partial charge in [-0.25, -0.2) is 4.79 Å². The van der Waals surface area contributed by atoms with Gasteiger partial charge in [-0.05, 0) is 28.8 Å². The first-order chi connectivity index (χ1) is 9.22. The van der Waals surface area contributed by atoms with Crippen LogP contribution in [0.4, 0.5) is 0 Å². The quantitative estimate of drug-likeness (QED) is 0.914. The molecule has 0 aromatic heterocycles. The maximum Gasteiger partial charge on any atom is 0.335 e. The van der Waals surface area contributed by atoms with Crippen molar-refractivity contribution < 1.29 is 9.90 Å². The summed E-state index contributed by atoms with van der Waals surface area (Å²) in [5.41, 5.74) is 4.03. The molecule has 3 heteroatoms. The van der Waals surface area contributed by atoms with Gasteiger partial charge in [0.1, 0.15) is 0 Å². The first-order valence-electron chi connectivity index (χ1n) is 6.34. The Labute approximate surface area is 112 Å². The van der Waals surface area contributed by atoms with Crippen molar-refractivity contribution >= 4 is 5.97 Å². The predicted octanol–water partition coefficient (Wildman–Crippen LogP) is 2.90. The molecule has 3 rings (SSSR count). The van der Waals surface area contributed by atoms with Crippen LogP contribution in [0.15, 0.2) is 48.5 Å². The number of hydrogen-bond acceptors (Lipinski definition) is 2. The summed E-state index contributed by atoms with van der Waals surface area (Å²) >= 11 is 0. The van der Waals surface area contributed by atoms with E-state index in [4.69, 9.17) is 5.11 Å². The smallest absolute Gasteiger partial charge is 0.335 e. The van der Waals surface area contributed by atoms with E-state index in [1.807, 2.05) is 24.3 Å². The summed E-state index contributed by atoms with van der Waals surface area (Å²) in [5.74, 6) is -0.857. The van der Waals surface area contributed by atoms with E-state index in [1.165, 1.54) is 11.1 Å². The molecule has 0 spiro atoms. The standard InChI is InChI=1S/C16H15NO2/c18-16(19)13-6-7-14-10-17(11-15(14)8-13)9-12-4-2-1-3-5-12/h1-8H,9-11H2,(H,18,19). The Morgan fingerprint density at radius 3 is 2.53 bits per heavy atom. The van der Waals surface area contributed by atoms with Crippen LogP contribution < -0.4 is 0 Å². The van der Waals surface area contributed by atoms with Gasteiger partial charge < -0.3 is 5.11 Å². The number of carboxylic acid groups (broad SMARTS) is 1. The van der Waals surface area contributed by atoms with Crippen molar-refractivity contribution in [3.05, 3.63) is 70.8 Å². The fourth-order valence-electron chi connectivity index (χ4n) is 2.55. The minimum Gasteiger partial charge on any atom is -0.478 e. The minimum atomic E-state index is -0.857. The van der Waals surface area contributed by atoms with Gasteiger partial charge in [0.15, 0.2) is 0 Å². The van der Waals surface area contributed by atoms with Crippen molar-refractivity contribution in [2.24, 2.45) is 0 Å². The Morgan fingerprint density at radius 2 is 1.79 bits per heavy atom. The summed E-state index contributed by atoms with van der Waals surface area (Å²) in [7, 11) is 0. The summed E-state index contributed by atoms with van der Waals surface area (Å²) in [5, 5.41) is 9.00. The summed E-state index contributed by atoms with van der Waals surface area (Å²) in [6.45, 7) is 2.62. The van der Waals surface area contributed by atoms with E-state index in [9.17, 15) is 4.79 Å². The van der Waals surface area contributed by atoms with E-state index >= 15 is 0 Å². The van der Waals surface area contributed by atoms with Crippen LogP contribution in [0.1, 0.15) is 27.0 Å². The first-order valence-corrected chi connectivity index (χ1v) is 6.34. The first kappa shape index (κ1) is 11.9. The van der Waals surface area contributed by atoms with Crippen molar-refractivity contribution in [2.75, 3.05) is 0 Å². The molecule has 2 aromatic rings. The normalized spacial score (nSPS) is 14.3. The molecule has 0 bridgehead atoms. The monoisotopic (exact) mass is 253 g/mol. The molecule has 0 saturated carbocycles. The van der Waals surface area contributed by atoms with Crippen LogP contribution in [-0.4, -0.2) is 16.0 Å². The van der Waals surface area contributed by atoms with Crippen molar-refractivity contribution in [1.82, 2.24) is 4.90 Å². The van der Waals surface area contributed by atoms with Crippen LogP contribution >= 0.6 is 0 Å². The molecule has 1 aliphatic rings. The molecular formula is C16H15NO2. The highest BCUT2D eigenvalue weighted by Gasteiger charge is 2.20. The molecule has 0 saturated heterocycles. The summed E-state index contributed by atoms with van der Waals surface area (Å²) in [6.07, 6.45) is 0. The SMILES string of the molecule is O=C(O)c1ccc2c(c1)CN(Cc1ccccc1)C2. The van der Waals surface area contributed by atoms with E-state index in [0.717, 1.165) is 25.2 Å². The molecule has 0 unspecified atom stereocenters. The molecule has 19 heavy (non-hydrogen) atoms. The number of benzene rings is 2. The number of rotatable bonds is 3. The lowest BCUT2D eigenvalue weighted by atomic mass is 10.1. The van der Waals surface area contributed by atoms with Gasteiger partial charge in [0.2, 0.25) is 0 Å². The molecule has 0 radical (unpaired) electrons. The zero-order valence-electron chi connectivity index (χ0n) is 10.5. The third-order valence-electron chi connectivity index (χ3n) is 3.49. The Hall–Kier alpha value is -2.13. The van der Waals surface area contributed by atoms with Gasteiger partial charge in [0.05, 0.1) is 5.56 Å². The fraction of sp³-hybridized carbons (Fsp3) is 0.188. The number of carbonyl (C=O) groups is 1. The van der Waals surface area contributed by atoms with Gasteiger partial charge in [-0.1, -0.05) is 36.4 Å². The highest BCUT2D eigenvalue weighted by molar-refractivity contribution is 5.87. The van der Waals surface area contributed by atoms with E-state index in [1.54, 1.807) is 12.1 Å². The van der Waals surface area contributed by atoms with Crippen LogP contribution in [0.25, 0.3) is 0 Å². The molecule has 0 fully saturated rings. The maximum atomic E-state index is 11.0. The molecule has 1 N–H and O–H groups in total. The maximum absolute atomic E-state index is 11.0. The van der Waals surface area contributed by atoms with Crippen LogP contribution in [-0.2, 0) is 19.6 Å². The molecule has 96 valence electrons. The molecule has 1 heterocycles. The summed E-state index contributed by atoms with van der Waals surface area (Å²) < 4.78 is 0. The van der Waals surface area contributed by atoms with Crippen LogP contribution in [0.3, 0.4) is 0 Å². The summed E-state index contributed by atoms with van der Waals surface area (Å²) in [6, 6.07) is 15.8. The lowest BCUT2D eigenvalue weighted by Gasteiger charge is -2.14. The molecule has 0 amide bonds. The largest absolute Gasteiger partial charge is 0.478 e. The molecule has 2 aromatic carbocycles.